The lowest BCUT2D eigenvalue weighted by molar-refractivity contribution is 0.617. The molecule has 2 nitrogen and oxygen atoms in total. The van der Waals surface area contributed by atoms with Crippen molar-refractivity contribution in [2.24, 2.45) is 0 Å². The highest BCUT2D eigenvalue weighted by Gasteiger charge is 2.12. The van der Waals surface area contributed by atoms with Crippen LogP contribution in [0.25, 0.3) is 0 Å². The van der Waals surface area contributed by atoms with Crippen molar-refractivity contribution in [3.8, 4) is 0 Å². The van der Waals surface area contributed by atoms with Gasteiger partial charge in [-0.2, -0.15) is 0 Å². The largest absolute Gasteiger partial charge is 0.375 e. The number of rotatable bonds is 3. The third-order valence-electron chi connectivity index (χ3n) is 2.56. The molecule has 0 spiro atoms. The molecule has 0 fully saturated rings. The molecule has 0 amide bonds. The van der Waals surface area contributed by atoms with E-state index >= 15 is 0 Å². The average Bonchev–Trinajstić information content (AvgIpc) is 2.34. The molecule has 1 atom stereocenters. The van der Waals surface area contributed by atoms with Crippen molar-refractivity contribution < 1.29 is 4.39 Å². The van der Waals surface area contributed by atoms with Gasteiger partial charge in [-0.25, -0.2) is 4.39 Å². The molecule has 2 aromatic rings. The molecule has 1 heterocycles. The molecule has 0 aliphatic rings. The van der Waals surface area contributed by atoms with E-state index < -0.39 is 0 Å². The van der Waals surface area contributed by atoms with Gasteiger partial charge in [0.25, 0.3) is 0 Å². The van der Waals surface area contributed by atoms with Crippen LogP contribution in [0, 0.1) is 5.82 Å². The number of halogens is 4. The van der Waals surface area contributed by atoms with E-state index in [0.29, 0.717) is 0 Å². The molecule has 0 saturated carbocycles. The fraction of sp³-hybridized carbons (Fsp3) is 0.154. The standard InChI is InChI=1S/C13H10Br3FN2/c1-7(12-3-2-9(17)6-18-12)19-13-10(15)4-8(14)5-11(13)16/h2-7,19H,1H3. The minimum absolute atomic E-state index is 0.0330. The summed E-state index contributed by atoms with van der Waals surface area (Å²) in [5.74, 6) is -0.332. The zero-order valence-corrected chi connectivity index (χ0v) is 14.7. The van der Waals surface area contributed by atoms with E-state index in [9.17, 15) is 4.39 Å². The molecule has 1 aromatic carbocycles. The number of hydrogen-bond donors (Lipinski definition) is 1. The number of pyridine rings is 1. The van der Waals surface area contributed by atoms with E-state index in [-0.39, 0.29) is 11.9 Å². The Morgan fingerprint density at radius 3 is 2.32 bits per heavy atom. The van der Waals surface area contributed by atoms with Gasteiger partial charge >= 0.3 is 0 Å². The Balaban J connectivity index is 2.24. The van der Waals surface area contributed by atoms with Crippen LogP contribution in [0.3, 0.4) is 0 Å². The summed E-state index contributed by atoms with van der Waals surface area (Å²) < 4.78 is 15.7. The Kier molecular flexibility index (Phi) is 4.97. The highest BCUT2D eigenvalue weighted by molar-refractivity contribution is 9.11. The molecular weight excluding hydrogens is 443 g/mol. The van der Waals surface area contributed by atoms with Gasteiger partial charge < -0.3 is 5.32 Å². The summed E-state index contributed by atoms with van der Waals surface area (Å²) in [6.07, 6.45) is 1.22. The molecule has 19 heavy (non-hydrogen) atoms. The Morgan fingerprint density at radius 2 is 1.79 bits per heavy atom. The third-order valence-corrected chi connectivity index (χ3v) is 4.27. The zero-order valence-electron chi connectivity index (χ0n) is 9.92. The van der Waals surface area contributed by atoms with E-state index in [2.05, 4.69) is 58.1 Å². The van der Waals surface area contributed by atoms with Crippen molar-refractivity contribution in [1.29, 1.82) is 0 Å². The lowest BCUT2D eigenvalue weighted by atomic mass is 10.2. The van der Waals surface area contributed by atoms with Crippen molar-refractivity contribution in [3.63, 3.8) is 0 Å². The predicted octanol–water partition coefficient (Wildman–Crippen LogP) is 5.68. The molecular formula is C13H10Br3FN2. The van der Waals surface area contributed by atoms with E-state index in [1.807, 2.05) is 19.1 Å². The molecule has 2 rings (SSSR count). The Hall–Kier alpha value is -0.460. The predicted molar refractivity (Wildman–Crippen MR) is 85.8 cm³/mol. The van der Waals surface area contributed by atoms with Gasteiger partial charge in [-0.05, 0) is 63.0 Å². The highest BCUT2D eigenvalue weighted by Crippen LogP contribution is 2.36. The summed E-state index contributed by atoms with van der Waals surface area (Å²) in [7, 11) is 0. The summed E-state index contributed by atoms with van der Waals surface area (Å²) in [5.41, 5.74) is 1.71. The monoisotopic (exact) mass is 450 g/mol. The fourth-order valence-electron chi connectivity index (χ4n) is 1.61. The normalized spacial score (nSPS) is 12.3. The van der Waals surface area contributed by atoms with Crippen molar-refractivity contribution in [3.05, 3.63) is 55.4 Å². The first kappa shape index (κ1) is 14.9. The maximum absolute atomic E-state index is 12.8. The molecule has 0 saturated heterocycles. The highest BCUT2D eigenvalue weighted by atomic mass is 79.9. The molecule has 0 aliphatic carbocycles. The molecule has 100 valence electrons. The lowest BCUT2D eigenvalue weighted by Crippen LogP contribution is -2.09. The summed E-state index contributed by atoms with van der Waals surface area (Å²) in [4.78, 5) is 4.07. The van der Waals surface area contributed by atoms with Gasteiger partial charge in [-0.3, -0.25) is 4.98 Å². The van der Waals surface area contributed by atoms with Crippen LogP contribution in [-0.4, -0.2) is 4.98 Å². The third kappa shape index (κ3) is 3.77. The number of aromatic nitrogens is 1. The summed E-state index contributed by atoms with van der Waals surface area (Å²) in [5, 5.41) is 3.34. The van der Waals surface area contributed by atoms with Crippen LogP contribution in [0.4, 0.5) is 10.1 Å². The van der Waals surface area contributed by atoms with Gasteiger partial charge in [0, 0.05) is 13.4 Å². The second-order valence-electron chi connectivity index (χ2n) is 4.01. The van der Waals surface area contributed by atoms with E-state index in [0.717, 1.165) is 24.8 Å². The maximum atomic E-state index is 12.8. The molecule has 6 heteroatoms. The SMILES string of the molecule is CC(Nc1c(Br)cc(Br)cc1Br)c1ccc(F)cn1. The first-order valence-electron chi connectivity index (χ1n) is 5.50. The van der Waals surface area contributed by atoms with Gasteiger partial charge in [0.15, 0.2) is 0 Å². The van der Waals surface area contributed by atoms with Crippen molar-refractivity contribution in [1.82, 2.24) is 4.98 Å². The maximum Gasteiger partial charge on any atom is 0.141 e. The quantitative estimate of drug-likeness (QED) is 0.648. The van der Waals surface area contributed by atoms with Crippen LogP contribution >= 0.6 is 47.8 Å². The van der Waals surface area contributed by atoms with Crippen LogP contribution < -0.4 is 5.32 Å². The molecule has 1 N–H and O–H groups in total. The Morgan fingerprint density at radius 1 is 1.16 bits per heavy atom. The van der Waals surface area contributed by atoms with Crippen molar-refractivity contribution in [2.75, 3.05) is 5.32 Å². The van der Waals surface area contributed by atoms with Gasteiger partial charge in [0.1, 0.15) is 5.82 Å². The number of benzene rings is 1. The molecule has 0 aliphatic heterocycles. The summed E-state index contributed by atoms with van der Waals surface area (Å²) in [6, 6.07) is 6.96. The van der Waals surface area contributed by atoms with Gasteiger partial charge in [0.2, 0.25) is 0 Å². The van der Waals surface area contributed by atoms with E-state index in [4.69, 9.17) is 0 Å². The van der Waals surface area contributed by atoms with Crippen LogP contribution in [0.1, 0.15) is 18.7 Å². The van der Waals surface area contributed by atoms with Gasteiger partial charge in [-0.15, -0.1) is 0 Å². The van der Waals surface area contributed by atoms with Crippen molar-refractivity contribution in [2.45, 2.75) is 13.0 Å². The molecule has 1 unspecified atom stereocenters. The van der Waals surface area contributed by atoms with Gasteiger partial charge in [-0.1, -0.05) is 15.9 Å². The van der Waals surface area contributed by atoms with E-state index in [1.165, 1.54) is 12.3 Å². The molecule has 0 bridgehead atoms. The topological polar surface area (TPSA) is 24.9 Å². The Bertz CT molecular complexity index is 564. The van der Waals surface area contributed by atoms with Crippen LogP contribution in [0.2, 0.25) is 0 Å². The molecule has 1 aromatic heterocycles. The van der Waals surface area contributed by atoms with Gasteiger partial charge in [0.05, 0.1) is 23.6 Å². The number of nitrogens with one attached hydrogen (secondary N) is 1. The zero-order chi connectivity index (χ0) is 14.0. The first-order chi connectivity index (χ1) is 8.97. The number of anilines is 1. The number of hydrogen-bond acceptors (Lipinski definition) is 2. The number of nitrogens with zero attached hydrogens (tertiary/aromatic N) is 1. The summed E-state index contributed by atoms with van der Waals surface area (Å²) >= 11 is 10.4. The van der Waals surface area contributed by atoms with Crippen molar-refractivity contribution >= 4 is 53.5 Å². The first-order valence-corrected chi connectivity index (χ1v) is 7.88. The summed E-state index contributed by atoms with van der Waals surface area (Å²) in [6.45, 7) is 1.97. The van der Waals surface area contributed by atoms with E-state index in [1.54, 1.807) is 6.07 Å². The lowest BCUT2D eigenvalue weighted by Gasteiger charge is -2.17. The van der Waals surface area contributed by atoms with Crippen LogP contribution in [-0.2, 0) is 0 Å². The second kappa shape index (κ2) is 6.33. The minimum Gasteiger partial charge on any atom is -0.375 e. The smallest absolute Gasteiger partial charge is 0.141 e. The van der Waals surface area contributed by atoms with Crippen LogP contribution in [0.15, 0.2) is 43.9 Å². The second-order valence-corrected chi connectivity index (χ2v) is 6.64. The average molecular weight is 453 g/mol. The fourth-order valence-corrected chi connectivity index (χ4v) is 4.10. The minimum atomic E-state index is -0.332. The Labute approximate surface area is 136 Å². The molecule has 0 radical (unpaired) electrons. The van der Waals surface area contributed by atoms with Crippen LogP contribution in [0.5, 0.6) is 0 Å².